The summed E-state index contributed by atoms with van der Waals surface area (Å²) in [5.74, 6) is -0.383. The molecule has 0 radical (unpaired) electrons. The summed E-state index contributed by atoms with van der Waals surface area (Å²) in [6.07, 6.45) is -0.0879. The van der Waals surface area contributed by atoms with E-state index in [1.165, 1.54) is 4.90 Å². The summed E-state index contributed by atoms with van der Waals surface area (Å²) in [5, 5.41) is 4.79. The molecule has 1 aromatic rings. The first-order valence-corrected chi connectivity index (χ1v) is 6.68. The summed E-state index contributed by atoms with van der Waals surface area (Å²) >= 11 is 0. The maximum atomic E-state index is 12.0. The summed E-state index contributed by atoms with van der Waals surface area (Å²) in [7, 11) is 0. The molecule has 0 aliphatic carbocycles. The number of ether oxygens (including phenoxy) is 1. The van der Waals surface area contributed by atoms with Gasteiger partial charge in [0.25, 0.3) is 5.91 Å². The number of hydrogen-bond acceptors (Lipinski definition) is 4. The molecule has 1 unspecified atom stereocenters. The number of nitrogens with one attached hydrogen (secondary N) is 2. The molecule has 3 rings (SSSR count). The molecule has 2 aliphatic heterocycles. The Bertz CT molecular complexity index is 589. The zero-order chi connectivity index (χ0) is 14.9. The highest BCUT2D eigenvalue weighted by molar-refractivity contribution is 6.07. The molecule has 2 N–H and O–H groups in total. The van der Waals surface area contributed by atoms with E-state index in [9.17, 15) is 14.4 Å². The first-order chi connectivity index (χ1) is 10.1. The molecular weight excluding hydrogens is 274 g/mol. The van der Waals surface area contributed by atoms with Crippen molar-refractivity contribution in [3.05, 3.63) is 35.9 Å². The lowest BCUT2D eigenvalue weighted by Crippen LogP contribution is -2.49. The largest absolute Gasteiger partial charge is 0.445 e. The van der Waals surface area contributed by atoms with Crippen molar-refractivity contribution in [2.75, 3.05) is 13.1 Å². The summed E-state index contributed by atoms with van der Waals surface area (Å²) < 4.78 is 5.22. The standard InChI is InChI=1S/C14H15N3O4/c18-11-14(16-12(19)15-11)6-7-17(9-14)13(20)21-8-10-4-2-1-3-5-10/h1-5H,6-9H2,(H2,15,16,18,19). The maximum Gasteiger partial charge on any atom is 0.410 e. The van der Waals surface area contributed by atoms with E-state index in [0.29, 0.717) is 13.0 Å². The monoisotopic (exact) mass is 289 g/mol. The van der Waals surface area contributed by atoms with Crippen molar-refractivity contribution in [1.29, 1.82) is 0 Å². The van der Waals surface area contributed by atoms with Gasteiger partial charge in [-0.05, 0) is 12.0 Å². The molecule has 21 heavy (non-hydrogen) atoms. The molecule has 0 saturated carbocycles. The summed E-state index contributed by atoms with van der Waals surface area (Å²) in [5.41, 5.74) is -0.102. The maximum absolute atomic E-state index is 12.0. The van der Waals surface area contributed by atoms with Crippen molar-refractivity contribution < 1.29 is 19.1 Å². The van der Waals surface area contributed by atoms with Gasteiger partial charge in [-0.3, -0.25) is 10.1 Å². The second-order valence-electron chi connectivity index (χ2n) is 5.20. The molecule has 7 nitrogen and oxygen atoms in total. The summed E-state index contributed by atoms with van der Waals surface area (Å²) in [4.78, 5) is 36.5. The van der Waals surface area contributed by atoms with Crippen LogP contribution in [0, 0.1) is 0 Å². The number of carbonyl (C=O) groups excluding carboxylic acids is 3. The molecule has 7 heteroatoms. The van der Waals surface area contributed by atoms with Gasteiger partial charge in [-0.2, -0.15) is 0 Å². The van der Waals surface area contributed by atoms with E-state index in [1.54, 1.807) is 0 Å². The fraction of sp³-hybridized carbons (Fsp3) is 0.357. The third kappa shape index (κ3) is 2.54. The molecule has 110 valence electrons. The molecule has 1 aromatic carbocycles. The van der Waals surface area contributed by atoms with Crippen LogP contribution in [0.3, 0.4) is 0 Å². The van der Waals surface area contributed by atoms with Gasteiger partial charge >= 0.3 is 12.1 Å². The van der Waals surface area contributed by atoms with Gasteiger partial charge in [-0.25, -0.2) is 9.59 Å². The third-order valence-corrected chi connectivity index (χ3v) is 3.75. The highest BCUT2D eigenvalue weighted by atomic mass is 16.6. The molecule has 2 aliphatic rings. The Morgan fingerprint density at radius 3 is 2.71 bits per heavy atom. The highest BCUT2D eigenvalue weighted by Gasteiger charge is 2.51. The SMILES string of the molecule is O=C1NC(=O)C2(CCN(C(=O)OCc3ccccc3)C2)N1. The summed E-state index contributed by atoms with van der Waals surface area (Å²) in [6.45, 7) is 0.696. The van der Waals surface area contributed by atoms with Crippen molar-refractivity contribution in [2.45, 2.75) is 18.6 Å². The van der Waals surface area contributed by atoms with E-state index in [4.69, 9.17) is 4.74 Å². The number of carbonyl (C=O) groups is 3. The van der Waals surface area contributed by atoms with E-state index in [2.05, 4.69) is 10.6 Å². The number of nitrogens with zero attached hydrogens (tertiary/aromatic N) is 1. The van der Waals surface area contributed by atoms with Crippen LogP contribution in [-0.2, 0) is 16.1 Å². The molecule has 1 atom stereocenters. The molecule has 2 heterocycles. The van der Waals surface area contributed by atoms with E-state index < -0.39 is 17.7 Å². The molecular formula is C14H15N3O4. The molecule has 2 fully saturated rings. The van der Waals surface area contributed by atoms with Crippen LogP contribution in [0.5, 0.6) is 0 Å². The number of imide groups is 1. The minimum atomic E-state index is -0.997. The predicted octanol–water partition coefficient (Wildman–Crippen LogP) is 0.607. The minimum absolute atomic E-state index is 0.137. The Labute approximate surface area is 121 Å². The van der Waals surface area contributed by atoms with Crippen LogP contribution in [0.2, 0.25) is 0 Å². The van der Waals surface area contributed by atoms with Crippen molar-refractivity contribution in [1.82, 2.24) is 15.5 Å². The Morgan fingerprint density at radius 1 is 1.29 bits per heavy atom. The smallest absolute Gasteiger partial charge is 0.410 e. The molecule has 4 amide bonds. The lowest BCUT2D eigenvalue weighted by molar-refractivity contribution is -0.123. The van der Waals surface area contributed by atoms with E-state index in [-0.39, 0.29) is 19.1 Å². The normalized spacial score (nSPS) is 24.1. The Morgan fingerprint density at radius 2 is 2.05 bits per heavy atom. The third-order valence-electron chi connectivity index (χ3n) is 3.75. The second kappa shape index (κ2) is 5.08. The lowest BCUT2D eigenvalue weighted by atomic mass is 10.00. The predicted molar refractivity (Wildman–Crippen MR) is 72.2 cm³/mol. The minimum Gasteiger partial charge on any atom is -0.445 e. The Kier molecular flexibility index (Phi) is 3.25. The molecule has 0 bridgehead atoms. The van der Waals surface area contributed by atoms with Gasteiger partial charge < -0.3 is 15.0 Å². The molecule has 0 aromatic heterocycles. The van der Waals surface area contributed by atoms with Crippen LogP contribution in [0.25, 0.3) is 0 Å². The zero-order valence-electron chi connectivity index (χ0n) is 11.3. The topological polar surface area (TPSA) is 87.7 Å². The van der Waals surface area contributed by atoms with Gasteiger partial charge in [-0.1, -0.05) is 30.3 Å². The summed E-state index contributed by atoms with van der Waals surface area (Å²) in [6, 6.07) is 8.84. The Balaban J connectivity index is 1.58. The van der Waals surface area contributed by atoms with Gasteiger partial charge in [0.05, 0.1) is 6.54 Å². The van der Waals surface area contributed by atoms with Crippen molar-refractivity contribution in [2.24, 2.45) is 0 Å². The van der Waals surface area contributed by atoms with E-state index in [0.717, 1.165) is 5.56 Å². The fourth-order valence-electron chi connectivity index (χ4n) is 2.59. The second-order valence-corrected chi connectivity index (χ2v) is 5.20. The van der Waals surface area contributed by atoms with Crippen LogP contribution in [0.4, 0.5) is 9.59 Å². The Hall–Kier alpha value is -2.57. The first-order valence-electron chi connectivity index (χ1n) is 6.68. The quantitative estimate of drug-likeness (QED) is 0.781. The van der Waals surface area contributed by atoms with Crippen molar-refractivity contribution in [3.63, 3.8) is 0 Å². The van der Waals surface area contributed by atoms with E-state index >= 15 is 0 Å². The average Bonchev–Trinajstić information content (AvgIpc) is 3.02. The van der Waals surface area contributed by atoms with Crippen LogP contribution < -0.4 is 10.6 Å². The number of likely N-dealkylation sites (tertiary alicyclic amines) is 1. The number of hydrogen-bond donors (Lipinski definition) is 2. The lowest BCUT2D eigenvalue weighted by Gasteiger charge is -2.20. The van der Waals surface area contributed by atoms with Crippen LogP contribution in [0.1, 0.15) is 12.0 Å². The number of benzene rings is 1. The average molecular weight is 289 g/mol. The molecule has 2 saturated heterocycles. The van der Waals surface area contributed by atoms with Crippen LogP contribution in [-0.4, -0.2) is 41.6 Å². The number of urea groups is 1. The van der Waals surface area contributed by atoms with Crippen molar-refractivity contribution in [3.8, 4) is 0 Å². The van der Waals surface area contributed by atoms with Gasteiger partial charge in [0.15, 0.2) is 0 Å². The number of rotatable bonds is 2. The zero-order valence-corrected chi connectivity index (χ0v) is 11.3. The van der Waals surface area contributed by atoms with E-state index in [1.807, 2.05) is 30.3 Å². The highest BCUT2D eigenvalue weighted by Crippen LogP contribution is 2.25. The van der Waals surface area contributed by atoms with Gasteiger partial charge in [0.2, 0.25) is 0 Å². The van der Waals surface area contributed by atoms with Gasteiger partial charge in [-0.15, -0.1) is 0 Å². The van der Waals surface area contributed by atoms with Crippen LogP contribution >= 0.6 is 0 Å². The fourth-order valence-corrected chi connectivity index (χ4v) is 2.59. The van der Waals surface area contributed by atoms with Gasteiger partial charge in [0, 0.05) is 6.54 Å². The number of amides is 4. The first kappa shape index (κ1) is 13.4. The molecule has 1 spiro atoms. The van der Waals surface area contributed by atoms with Gasteiger partial charge in [0.1, 0.15) is 12.1 Å². The van der Waals surface area contributed by atoms with Crippen molar-refractivity contribution >= 4 is 18.0 Å². The van der Waals surface area contributed by atoms with Crippen LogP contribution in [0.15, 0.2) is 30.3 Å².